The Morgan fingerprint density at radius 1 is 0.958 bits per heavy atom. The minimum absolute atomic E-state index is 0.0671. The van der Waals surface area contributed by atoms with Gasteiger partial charge in [0.05, 0.1) is 17.6 Å². The second-order valence-electron chi connectivity index (χ2n) is 6.86. The number of hydrogen-bond acceptors (Lipinski definition) is 2. The fourth-order valence-corrected chi connectivity index (χ4v) is 4.08. The predicted molar refractivity (Wildman–Crippen MR) is 103 cm³/mol. The van der Waals surface area contributed by atoms with Crippen molar-refractivity contribution in [2.24, 2.45) is 10.3 Å². The maximum Gasteiger partial charge on any atom is 0.142 e. The Bertz CT molecular complexity index is 678. The number of benzene rings is 2. The van der Waals surface area contributed by atoms with Crippen LogP contribution in [-0.2, 0) is 24.2 Å². The van der Waals surface area contributed by atoms with Gasteiger partial charge in [-0.15, -0.1) is 0 Å². The van der Waals surface area contributed by atoms with E-state index in [-0.39, 0.29) is 11.2 Å². The van der Waals surface area contributed by atoms with Gasteiger partial charge in [-0.1, -0.05) is 66.8 Å². The highest BCUT2D eigenvalue weighted by Gasteiger charge is 2.25. The molecule has 1 aliphatic carbocycles. The molecule has 0 saturated carbocycles. The molecule has 2 atom stereocenters. The van der Waals surface area contributed by atoms with Crippen molar-refractivity contribution in [3.05, 3.63) is 70.8 Å². The SMILES string of the molecule is CC(C)C(C)[S+]([O-])N=CC1c2ccccc2CCc2ccccc21. The van der Waals surface area contributed by atoms with Crippen LogP contribution in [0, 0.1) is 5.92 Å². The number of rotatable bonds is 4. The molecule has 2 aromatic carbocycles. The van der Waals surface area contributed by atoms with Gasteiger partial charge in [-0.25, -0.2) is 0 Å². The quantitative estimate of drug-likeness (QED) is 0.587. The highest BCUT2D eigenvalue weighted by molar-refractivity contribution is 7.90. The summed E-state index contributed by atoms with van der Waals surface area (Å²) in [5.74, 6) is 0.444. The normalized spacial score (nSPS) is 17.4. The third kappa shape index (κ3) is 3.57. The van der Waals surface area contributed by atoms with E-state index in [1.54, 1.807) is 0 Å². The highest BCUT2D eigenvalue weighted by atomic mass is 32.2. The van der Waals surface area contributed by atoms with Crippen molar-refractivity contribution >= 4 is 17.6 Å². The number of fused-ring (bicyclic) bond motifs is 2. The Labute approximate surface area is 148 Å². The van der Waals surface area contributed by atoms with E-state index in [2.05, 4.69) is 66.8 Å². The van der Waals surface area contributed by atoms with E-state index >= 15 is 0 Å². The van der Waals surface area contributed by atoms with Crippen LogP contribution >= 0.6 is 0 Å². The van der Waals surface area contributed by atoms with Crippen LogP contribution in [-0.4, -0.2) is 16.0 Å². The highest BCUT2D eigenvalue weighted by Crippen LogP contribution is 2.33. The van der Waals surface area contributed by atoms with Gasteiger partial charge in [-0.05, 0) is 42.0 Å². The summed E-state index contributed by atoms with van der Waals surface area (Å²) >= 11 is -1.19. The summed E-state index contributed by atoms with van der Waals surface area (Å²) in [5.41, 5.74) is 5.32. The van der Waals surface area contributed by atoms with Crippen LogP contribution in [0.4, 0.5) is 0 Å². The van der Waals surface area contributed by atoms with Crippen molar-refractivity contribution in [3.8, 4) is 0 Å². The second kappa shape index (κ2) is 7.54. The van der Waals surface area contributed by atoms with Crippen LogP contribution in [0.1, 0.15) is 48.9 Å². The zero-order valence-corrected chi connectivity index (χ0v) is 15.4. The molecule has 2 nitrogen and oxygen atoms in total. The van der Waals surface area contributed by atoms with Crippen LogP contribution in [0.5, 0.6) is 0 Å². The van der Waals surface area contributed by atoms with Gasteiger partial charge in [0.25, 0.3) is 0 Å². The lowest BCUT2D eigenvalue weighted by atomic mass is 9.89. The fourth-order valence-electron chi connectivity index (χ4n) is 3.18. The van der Waals surface area contributed by atoms with Gasteiger partial charge in [0.1, 0.15) is 5.25 Å². The van der Waals surface area contributed by atoms with Crippen molar-refractivity contribution < 1.29 is 4.55 Å². The summed E-state index contributed by atoms with van der Waals surface area (Å²) in [4.78, 5) is 0. The zero-order valence-electron chi connectivity index (χ0n) is 14.6. The van der Waals surface area contributed by atoms with Crippen molar-refractivity contribution in [2.75, 3.05) is 0 Å². The first kappa shape index (κ1) is 17.2. The lowest BCUT2D eigenvalue weighted by Crippen LogP contribution is -2.22. The molecule has 2 aromatic rings. The van der Waals surface area contributed by atoms with E-state index in [1.165, 1.54) is 22.3 Å². The first-order valence-electron chi connectivity index (χ1n) is 8.68. The Balaban J connectivity index is 1.99. The first-order chi connectivity index (χ1) is 11.6. The average Bonchev–Trinajstić information content (AvgIpc) is 2.76. The van der Waals surface area contributed by atoms with Crippen molar-refractivity contribution in [1.29, 1.82) is 0 Å². The number of aryl methyl sites for hydroxylation is 2. The summed E-state index contributed by atoms with van der Waals surface area (Å²) < 4.78 is 16.9. The molecule has 0 spiro atoms. The fraction of sp³-hybridized carbons (Fsp3) is 0.381. The van der Waals surface area contributed by atoms with Crippen LogP contribution in [0.2, 0.25) is 0 Å². The minimum Gasteiger partial charge on any atom is -0.591 e. The van der Waals surface area contributed by atoms with Crippen LogP contribution in [0.15, 0.2) is 52.9 Å². The summed E-state index contributed by atoms with van der Waals surface area (Å²) in [6, 6.07) is 17.1. The summed E-state index contributed by atoms with van der Waals surface area (Å²) in [6.45, 7) is 6.19. The Hall–Kier alpha value is -1.58. The maximum atomic E-state index is 12.5. The van der Waals surface area contributed by atoms with Gasteiger partial charge in [-0.2, -0.15) is 0 Å². The van der Waals surface area contributed by atoms with Gasteiger partial charge >= 0.3 is 0 Å². The molecule has 0 saturated heterocycles. The van der Waals surface area contributed by atoms with Crippen molar-refractivity contribution in [2.45, 2.75) is 44.8 Å². The molecule has 126 valence electrons. The largest absolute Gasteiger partial charge is 0.591 e. The van der Waals surface area contributed by atoms with Gasteiger partial charge in [0, 0.05) is 11.8 Å². The lowest BCUT2D eigenvalue weighted by molar-refractivity contribution is 0.547. The summed E-state index contributed by atoms with van der Waals surface area (Å²) in [7, 11) is 0. The third-order valence-electron chi connectivity index (χ3n) is 5.01. The zero-order chi connectivity index (χ0) is 17.1. The Morgan fingerprint density at radius 3 is 1.96 bits per heavy atom. The molecule has 2 unspecified atom stereocenters. The molecule has 0 radical (unpaired) electrons. The molecule has 24 heavy (non-hydrogen) atoms. The molecule has 0 amide bonds. The van der Waals surface area contributed by atoms with Gasteiger partial charge in [-0.3, -0.25) is 0 Å². The maximum absolute atomic E-state index is 12.5. The molecule has 0 fully saturated rings. The van der Waals surface area contributed by atoms with Crippen LogP contribution < -0.4 is 0 Å². The van der Waals surface area contributed by atoms with E-state index in [4.69, 9.17) is 0 Å². The van der Waals surface area contributed by atoms with E-state index in [1.807, 2.05) is 13.1 Å². The van der Waals surface area contributed by atoms with Gasteiger partial charge < -0.3 is 4.55 Å². The van der Waals surface area contributed by atoms with E-state index in [9.17, 15) is 4.55 Å². The molecule has 0 bridgehead atoms. The van der Waals surface area contributed by atoms with Crippen LogP contribution in [0.3, 0.4) is 0 Å². The molecular formula is C21H25NOS. The van der Waals surface area contributed by atoms with Crippen molar-refractivity contribution in [3.63, 3.8) is 0 Å². The molecular weight excluding hydrogens is 314 g/mol. The topological polar surface area (TPSA) is 35.4 Å². The minimum atomic E-state index is -1.19. The third-order valence-corrected chi connectivity index (χ3v) is 6.52. The smallest absolute Gasteiger partial charge is 0.142 e. The number of hydrogen-bond donors (Lipinski definition) is 0. The number of nitrogens with zero attached hydrogens (tertiary/aromatic N) is 1. The summed E-state index contributed by atoms with van der Waals surface area (Å²) in [5, 5.41) is 0.0671. The van der Waals surface area contributed by atoms with Gasteiger partial charge in [0.15, 0.2) is 0 Å². The molecule has 0 heterocycles. The van der Waals surface area contributed by atoms with Gasteiger partial charge in [0.2, 0.25) is 0 Å². The van der Waals surface area contributed by atoms with Crippen molar-refractivity contribution in [1.82, 2.24) is 0 Å². The Morgan fingerprint density at radius 2 is 1.46 bits per heavy atom. The standard InChI is InChI=1S/C21H25NOS/c1-15(2)16(3)24(23)22-14-21-19-10-6-4-8-17(19)12-13-18-9-5-7-11-20(18)21/h4-11,14-16,21H,12-13H2,1-3H3. The van der Waals surface area contributed by atoms with Crippen LogP contribution in [0.25, 0.3) is 0 Å². The monoisotopic (exact) mass is 339 g/mol. The van der Waals surface area contributed by atoms with E-state index in [0.29, 0.717) is 5.92 Å². The summed E-state index contributed by atoms with van der Waals surface area (Å²) in [6.07, 6.45) is 4.00. The molecule has 0 N–H and O–H groups in total. The predicted octanol–water partition coefficient (Wildman–Crippen LogP) is 4.70. The Kier molecular flexibility index (Phi) is 5.42. The molecule has 1 aliphatic rings. The van der Waals surface area contributed by atoms with E-state index < -0.39 is 11.4 Å². The molecule has 0 aliphatic heterocycles. The molecule has 3 heteroatoms. The molecule has 3 rings (SSSR count). The molecule has 0 aromatic heterocycles. The first-order valence-corrected chi connectivity index (χ1v) is 9.85. The van der Waals surface area contributed by atoms with E-state index in [0.717, 1.165) is 12.8 Å². The lowest BCUT2D eigenvalue weighted by Gasteiger charge is -2.18. The average molecular weight is 340 g/mol. The second-order valence-corrected chi connectivity index (χ2v) is 8.36.